The number of anilines is 1. The second-order valence-corrected chi connectivity index (χ2v) is 14.4. The summed E-state index contributed by atoms with van der Waals surface area (Å²) in [6.07, 6.45) is 0.728. The van der Waals surface area contributed by atoms with Gasteiger partial charge in [0.25, 0.3) is 0 Å². The van der Waals surface area contributed by atoms with E-state index < -0.39 is 29.4 Å². The largest absolute Gasteiger partial charge is 0.563 e. The van der Waals surface area contributed by atoms with E-state index >= 15 is 0 Å². The molecule has 1 aliphatic heterocycles. The number of para-hydroxylation sites is 1. The first-order valence-corrected chi connectivity index (χ1v) is 13.2. The molecule has 1 unspecified atom stereocenters. The number of nitrogens with zero attached hydrogens (tertiary/aromatic N) is 1. The Bertz CT molecular complexity index is 599. The zero-order chi connectivity index (χ0) is 17.3. The fraction of sp³-hybridized carbons (Fsp3) is 0.588. The minimum Gasteiger partial charge on any atom is -0.563 e. The van der Waals surface area contributed by atoms with Crippen LogP contribution in [0.25, 0.3) is 0 Å². The summed E-state index contributed by atoms with van der Waals surface area (Å²) in [6, 6.07) is 8.08. The first-order valence-electron chi connectivity index (χ1n) is 8.00. The van der Waals surface area contributed by atoms with Gasteiger partial charge in [-0.3, -0.25) is 8.36 Å². The molecule has 0 fully saturated rings. The lowest BCUT2D eigenvalue weighted by Crippen LogP contribution is -2.46. The summed E-state index contributed by atoms with van der Waals surface area (Å²) in [7, 11) is -1.80. The predicted octanol–water partition coefficient (Wildman–Crippen LogP) is 4.70. The van der Waals surface area contributed by atoms with Gasteiger partial charge in [0, 0.05) is 18.8 Å². The minimum absolute atomic E-state index is 0.114. The molecule has 0 bridgehead atoms. The highest BCUT2D eigenvalue weighted by molar-refractivity contribution is 14.1. The van der Waals surface area contributed by atoms with Crippen LogP contribution in [0.2, 0.25) is 18.1 Å². The lowest BCUT2D eigenvalue weighted by molar-refractivity contribution is -0.118. The van der Waals surface area contributed by atoms with Crippen LogP contribution in [0.15, 0.2) is 24.3 Å². The molecule has 0 radical (unpaired) electrons. The van der Waals surface area contributed by atoms with E-state index in [1.165, 1.54) is 5.56 Å². The average Bonchev–Trinajstić information content (AvgIpc) is 2.47. The topological polar surface area (TPSA) is 53.4 Å². The van der Waals surface area contributed by atoms with Crippen LogP contribution in [0.4, 0.5) is 5.69 Å². The number of hydrogen-bond donors (Lipinski definition) is 1. The van der Waals surface area contributed by atoms with Gasteiger partial charge >= 0.3 is 0 Å². The van der Waals surface area contributed by atoms with E-state index in [2.05, 4.69) is 39.9 Å². The highest BCUT2D eigenvalue weighted by Crippen LogP contribution is 2.37. The third-order valence-electron chi connectivity index (χ3n) is 4.93. The van der Waals surface area contributed by atoms with Crippen LogP contribution in [0.1, 0.15) is 26.3 Å². The summed E-state index contributed by atoms with van der Waals surface area (Å²) in [6.45, 7) is 12.3. The molecule has 0 saturated heterocycles. The fourth-order valence-corrected chi connectivity index (χ4v) is 4.77. The third kappa shape index (κ3) is 4.08. The number of carbonyl (C=O) groups excluding carboxylic acids is 1. The van der Waals surface area contributed by atoms with Gasteiger partial charge in [-0.15, -0.1) is 18.1 Å². The molecule has 0 spiro atoms. The maximum absolute atomic E-state index is 12.7. The quantitative estimate of drug-likeness (QED) is 0.405. The molecule has 1 aromatic rings. The summed E-state index contributed by atoms with van der Waals surface area (Å²) < 4.78 is 13.9. The number of benzene rings is 1. The van der Waals surface area contributed by atoms with Gasteiger partial charge in [-0.1, -0.05) is 39.0 Å². The van der Waals surface area contributed by atoms with Crippen molar-refractivity contribution >= 4 is 40.9 Å². The minimum atomic E-state index is -1.80. The summed E-state index contributed by atoms with van der Waals surface area (Å²) in [5.41, 5.74) is 2.20. The SMILES string of the molecule is CC(C)(C)[Si-](C)(C)OCCN1C(=O)C(I=N)Cc2ccccc21. The molecular weight excluding hydrogens is 419 g/mol. The molecule has 6 heteroatoms. The highest BCUT2D eigenvalue weighted by Gasteiger charge is 2.32. The van der Waals surface area contributed by atoms with Gasteiger partial charge in [0.05, 0.1) is 0 Å². The number of carbonyl (C=O) groups is 1. The number of rotatable bonds is 5. The van der Waals surface area contributed by atoms with Crippen molar-refractivity contribution in [2.75, 3.05) is 18.1 Å². The van der Waals surface area contributed by atoms with Crippen molar-refractivity contribution in [1.29, 1.82) is 3.56 Å². The zero-order valence-electron chi connectivity index (χ0n) is 14.6. The molecule has 0 aliphatic carbocycles. The summed E-state index contributed by atoms with van der Waals surface area (Å²) in [4.78, 5) is 14.5. The normalized spacial score (nSPS) is 18.9. The molecule has 1 amide bonds. The van der Waals surface area contributed by atoms with Crippen LogP contribution in [-0.4, -0.2) is 31.3 Å². The number of alkyl halides is 1. The Morgan fingerprint density at radius 3 is 2.61 bits per heavy atom. The van der Waals surface area contributed by atoms with Crippen molar-refractivity contribution in [3.8, 4) is 0 Å². The Hall–Kier alpha value is -0.603. The molecule has 1 N–H and O–H groups in total. The van der Waals surface area contributed by atoms with Gasteiger partial charge in [-0.2, -0.15) is 0 Å². The van der Waals surface area contributed by atoms with Crippen molar-refractivity contribution in [2.45, 2.75) is 49.2 Å². The van der Waals surface area contributed by atoms with Gasteiger partial charge in [0.2, 0.25) is 5.91 Å². The van der Waals surface area contributed by atoms with E-state index in [4.69, 9.17) is 7.99 Å². The van der Waals surface area contributed by atoms with Crippen LogP contribution >= 0.6 is 21.0 Å². The number of nitrogens with one attached hydrogen (secondary N) is 1. The Morgan fingerprint density at radius 1 is 1.35 bits per heavy atom. The maximum Gasteiger partial charge on any atom is 0.241 e. The Balaban J connectivity index is 2.12. The van der Waals surface area contributed by atoms with Crippen LogP contribution in [0.3, 0.4) is 0 Å². The fourth-order valence-electron chi connectivity index (χ4n) is 2.44. The maximum atomic E-state index is 12.7. The summed E-state index contributed by atoms with van der Waals surface area (Å²) in [5.74, 6) is 0.116. The van der Waals surface area contributed by atoms with E-state index in [-0.39, 0.29) is 14.9 Å². The first-order chi connectivity index (χ1) is 10.7. The van der Waals surface area contributed by atoms with Crippen LogP contribution in [0.5, 0.6) is 0 Å². The number of fused-ring (bicyclic) bond motifs is 1. The predicted molar refractivity (Wildman–Crippen MR) is 106 cm³/mol. The van der Waals surface area contributed by atoms with E-state index in [1.54, 1.807) is 0 Å². The zero-order valence-corrected chi connectivity index (χ0v) is 17.8. The second kappa shape index (κ2) is 7.10. The van der Waals surface area contributed by atoms with Gasteiger partial charge in [-0.25, -0.2) is 0 Å². The molecule has 129 valence electrons. The molecule has 0 saturated carbocycles. The smallest absolute Gasteiger partial charge is 0.241 e. The summed E-state index contributed by atoms with van der Waals surface area (Å²) in [5, 5.41) is 0.173. The van der Waals surface area contributed by atoms with Gasteiger partial charge in [0.1, 0.15) is 3.92 Å². The van der Waals surface area contributed by atoms with E-state index in [0.717, 1.165) is 12.1 Å². The van der Waals surface area contributed by atoms with Gasteiger partial charge < -0.3 is 9.33 Å². The Kier molecular flexibility index (Phi) is 5.79. The molecule has 23 heavy (non-hydrogen) atoms. The second-order valence-electron chi connectivity index (χ2n) is 7.51. The Labute approximate surface area is 150 Å². The number of amides is 1. The lowest BCUT2D eigenvalue weighted by atomic mass is 10.0. The Morgan fingerprint density at radius 2 is 2.00 bits per heavy atom. The van der Waals surface area contributed by atoms with Crippen molar-refractivity contribution < 1.29 is 9.22 Å². The highest BCUT2D eigenvalue weighted by atomic mass is 127. The molecule has 0 aromatic heterocycles. The van der Waals surface area contributed by atoms with Crippen LogP contribution in [0, 0.1) is 3.56 Å². The molecule has 1 aliphatic rings. The lowest BCUT2D eigenvalue weighted by Gasteiger charge is -2.48. The van der Waals surface area contributed by atoms with Crippen molar-refractivity contribution in [3.63, 3.8) is 0 Å². The molecule has 4 nitrogen and oxygen atoms in total. The number of halogens is 1. The van der Waals surface area contributed by atoms with Crippen molar-refractivity contribution in [1.82, 2.24) is 0 Å². The molecule has 1 aromatic carbocycles. The number of hydrogen-bond acceptors (Lipinski definition) is 3. The van der Waals surface area contributed by atoms with E-state index in [1.807, 2.05) is 23.1 Å². The molecule has 2 rings (SSSR count). The molecule has 1 heterocycles. The summed E-state index contributed by atoms with van der Waals surface area (Å²) >= 11 is -0.838. The monoisotopic (exact) mass is 446 g/mol. The van der Waals surface area contributed by atoms with Crippen molar-refractivity contribution in [3.05, 3.63) is 29.8 Å². The average molecular weight is 446 g/mol. The van der Waals surface area contributed by atoms with E-state index in [9.17, 15) is 4.79 Å². The standard InChI is InChI=1S/C17H27IN2O2Si/c1-17(2,3)23(4,5)22-11-10-20-15-9-7-6-8-13(15)12-14(18-19)16(20)21/h6-9,14,19H,10-12H2,1-5H3/q-1. The van der Waals surface area contributed by atoms with Crippen LogP contribution < -0.4 is 4.90 Å². The van der Waals surface area contributed by atoms with Crippen molar-refractivity contribution in [2.24, 2.45) is 0 Å². The molecule has 1 atom stereocenters. The van der Waals surface area contributed by atoms with Crippen LogP contribution in [-0.2, 0) is 15.6 Å². The van der Waals surface area contributed by atoms with Gasteiger partial charge in [0.15, 0.2) is 0 Å². The van der Waals surface area contributed by atoms with E-state index in [0.29, 0.717) is 13.2 Å². The first kappa shape index (κ1) is 18.7. The molecular formula is C17H27IN2O2Si-. The van der Waals surface area contributed by atoms with Gasteiger partial charge in [-0.05, 0) is 47.4 Å². The third-order valence-corrected chi connectivity index (χ3v) is 11.2.